The van der Waals surface area contributed by atoms with Crippen LogP contribution < -0.4 is 5.32 Å². The zero-order chi connectivity index (χ0) is 24.6. The molecule has 2 aromatic carbocycles. The lowest BCUT2D eigenvalue weighted by Crippen LogP contribution is -2.51. The van der Waals surface area contributed by atoms with Crippen LogP contribution in [0.5, 0.6) is 0 Å². The number of aryl methyl sites for hydroxylation is 2. The Kier molecular flexibility index (Phi) is 9.61. The monoisotopic (exact) mass is 473 g/mol. The largest absolute Gasteiger partial charge is 0.354 e. The van der Waals surface area contributed by atoms with Crippen molar-refractivity contribution in [3.8, 4) is 0 Å². The van der Waals surface area contributed by atoms with Crippen LogP contribution in [-0.2, 0) is 26.2 Å². The molecule has 2 aromatic rings. The summed E-state index contributed by atoms with van der Waals surface area (Å²) >= 11 is 0. The van der Waals surface area contributed by atoms with Crippen LogP contribution in [0.15, 0.2) is 53.4 Å². The maximum atomic E-state index is 13.4. The van der Waals surface area contributed by atoms with Gasteiger partial charge in [0, 0.05) is 20.1 Å². The maximum Gasteiger partial charge on any atom is 0.243 e. The number of carbonyl (C=O) groups excluding carboxylic acids is 2. The molecule has 8 heteroatoms. The van der Waals surface area contributed by atoms with Crippen LogP contribution in [0.4, 0.5) is 0 Å². The minimum absolute atomic E-state index is 0.126. The lowest BCUT2D eigenvalue weighted by molar-refractivity contribution is -0.141. The molecule has 33 heavy (non-hydrogen) atoms. The average Bonchev–Trinajstić information content (AvgIpc) is 2.77. The topological polar surface area (TPSA) is 86.8 Å². The highest BCUT2D eigenvalue weighted by atomic mass is 32.2. The number of amides is 2. The molecule has 0 spiro atoms. The van der Waals surface area contributed by atoms with Crippen molar-refractivity contribution in [3.05, 3.63) is 65.2 Å². The molecule has 1 N–H and O–H groups in total. The van der Waals surface area contributed by atoms with Crippen molar-refractivity contribution in [2.75, 3.05) is 20.1 Å². The van der Waals surface area contributed by atoms with Gasteiger partial charge in [-0.05, 0) is 44.4 Å². The standard InChI is InChI=1S/C25H35N3O4S/c1-6-15-26-25(30)23(7-2)28(17-21-10-8-9-20(4)16-21)24(29)18-27(5)33(31,32)22-13-11-19(3)12-14-22/h8-14,16,23H,6-7,15,17-18H2,1-5H3,(H,26,30)/t23-/m0/s1. The first-order valence-corrected chi connectivity index (χ1v) is 12.7. The van der Waals surface area contributed by atoms with Gasteiger partial charge in [0.1, 0.15) is 6.04 Å². The van der Waals surface area contributed by atoms with E-state index in [-0.39, 0.29) is 23.9 Å². The molecule has 0 bridgehead atoms. The van der Waals surface area contributed by atoms with E-state index < -0.39 is 22.0 Å². The van der Waals surface area contributed by atoms with Crippen molar-refractivity contribution in [2.45, 2.75) is 58.0 Å². The molecule has 0 radical (unpaired) electrons. The number of rotatable bonds is 11. The normalized spacial score (nSPS) is 12.4. The third kappa shape index (κ3) is 7.14. The molecule has 0 saturated heterocycles. The minimum atomic E-state index is -3.85. The first-order chi connectivity index (χ1) is 15.6. The van der Waals surface area contributed by atoms with Gasteiger partial charge in [0.2, 0.25) is 21.8 Å². The van der Waals surface area contributed by atoms with Gasteiger partial charge < -0.3 is 10.2 Å². The molecular weight excluding hydrogens is 438 g/mol. The van der Waals surface area contributed by atoms with Crippen molar-refractivity contribution >= 4 is 21.8 Å². The summed E-state index contributed by atoms with van der Waals surface area (Å²) in [6, 6.07) is 13.5. The summed E-state index contributed by atoms with van der Waals surface area (Å²) in [6.45, 7) is 8.02. The van der Waals surface area contributed by atoms with Gasteiger partial charge in [0.05, 0.1) is 11.4 Å². The molecule has 2 amide bonds. The van der Waals surface area contributed by atoms with E-state index in [2.05, 4.69) is 5.32 Å². The van der Waals surface area contributed by atoms with Gasteiger partial charge in [-0.2, -0.15) is 4.31 Å². The first kappa shape index (κ1) is 26.5. The highest BCUT2D eigenvalue weighted by Crippen LogP contribution is 2.18. The van der Waals surface area contributed by atoms with E-state index >= 15 is 0 Å². The molecule has 180 valence electrons. The van der Waals surface area contributed by atoms with E-state index in [1.807, 2.05) is 52.0 Å². The van der Waals surface area contributed by atoms with Crippen molar-refractivity contribution in [1.29, 1.82) is 0 Å². The molecule has 1 atom stereocenters. The molecule has 0 aromatic heterocycles. The molecule has 0 saturated carbocycles. The number of likely N-dealkylation sites (N-methyl/N-ethyl adjacent to an activating group) is 1. The Balaban J connectivity index is 2.31. The number of benzene rings is 2. The van der Waals surface area contributed by atoms with E-state index in [9.17, 15) is 18.0 Å². The van der Waals surface area contributed by atoms with Gasteiger partial charge in [0.25, 0.3) is 0 Å². The van der Waals surface area contributed by atoms with Gasteiger partial charge in [-0.15, -0.1) is 0 Å². The molecule has 0 aliphatic heterocycles. The third-order valence-corrected chi connectivity index (χ3v) is 7.28. The Morgan fingerprint density at radius 3 is 2.24 bits per heavy atom. The highest BCUT2D eigenvalue weighted by molar-refractivity contribution is 7.89. The Labute approximate surface area is 197 Å². The van der Waals surface area contributed by atoms with Crippen molar-refractivity contribution in [3.63, 3.8) is 0 Å². The second-order valence-electron chi connectivity index (χ2n) is 8.30. The lowest BCUT2D eigenvalue weighted by Gasteiger charge is -2.32. The van der Waals surface area contributed by atoms with Crippen molar-refractivity contribution in [1.82, 2.24) is 14.5 Å². The maximum absolute atomic E-state index is 13.4. The van der Waals surface area contributed by atoms with Crippen molar-refractivity contribution < 1.29 is 18.0 Å². The summed E-state index contributed by atoms with van der Waals surface area (Å²) < 4.78 is 27.0. The summed E-state index contributed by atoms with van der Waals surface area (Å²) in [6.07, 6.45) is 1.20. The average molecular weight is 474 g/mol. The van der Waals surface area contributed by atoms with Crippen LogP contribution in [0.2, 0.25) is 0 Å². The second-order valence-corrected chi connectivity index (χ2v) is 10.3. The first-order valence-electron chi connectivity index (χ1n) is 11.3. The zero-order valence-electron chi connectivity index (χ0n) is 20.2. The van der Waals surface area contributed by atoms with Crippen molar-refractivity contribution in [2.24, 2.45) is 0 Å². The molecule has 0 fully saturated rings. The van der Waals surface area contributed by atoms with Crippen LogP contribution in [0.3, 0.4) is 0 Å². The fraction of sp³-hybridized carbons (Fsp3) is 0.440. The Morgan fingerprint density at radius 2 is 1.67 bits per heavy atom. The third-order valence-electron chi connectivity index (χ3n) is 5.46. The molecule has 0 heterocycles. The number of nitrogens with zero attached hydrogens (tertiary/aromatic N) is 2. The van der Waals surface area contributed by atoms with Gasteiger partial charge in [0.15, 0.2) is 0 Å². The number of hydrogen-bond acceptors (Lipinski definition) is 4. The molecule has 0 aliphatic carbocycles. The number of hydrogen-bond donors (Lipinski definition) is 1. The van der Waals surface area contributed by atoms with Crippen LogP contribution >= 0.6 is 0 Å². The lowest BCUT2D eigenvalue weighted by atomic mass is 10.1. The van der Waals surface area contributed by atoms with Crippen LogP contribution in [-0.4, -0.2) is 55.6 Å². The van der Waals surface area contributed by atoms with E-state index in [1.165, 1.54) is 24.1 Å². The second kappa shape index (κ2) is 12.0. The van der Waals surface area contributed by atoms with Gasteiger partial charge in [-0.25, -0.2) is 8.42 Å². The van der Waals surface area contributed by atoms with E-state index in [0.717, 1.165) is 27.4 Å². The number of carbonyl (C=O) groups is 2. The molecular formula is C25H35N3O4S. The zero-order valence-corrected chi connectivity index (χ0v) is 21.0. The van der Waals surface area contributed by atoms with Gasteiger partial charge >= 0.3 is 0 Å². The number of sulfonamides is 1. The van der Waals surface area contributed by atoms with Gasteiger partial charge in [-0.3, -0.25) is 9.59 Å². The molecule has 2 rings (SSSR count). The minimum Gasteiger partial charge on any atom is -0.354 e. The van der Waals surface area contributed by atoms with E-state index in [1.54, 1.807) is 12.1 Å². The number of nitrogens with one attached hydrogen (secondary N) is 1. The van der Waals surface area contributed by atoms with Crippen LogP contribution in [0, 0.1) is 13.8 Å². The summed E-state index contributed by atoms with van der Waals surface area (Å²) in [5.74, 6) is -0.655. The SMILES string of the molecule is CCCNC(=O)[C@H](CC)N(Cc1cccc(C)c1)C(=O)CN(C)S(=O)(=O)c1ccc(C)cc1. The smallest absolute Gasteiger partial charge is 0.243 e. The summed E-state index contributed by atoms with van der Waals surface area (Å²) in [4.78, 5) is 27.8. The van der Waals surface area contributed by atoms with E-state index in [4.69, 9.17) is 0 Å². The summed E-state index contributed by atoms with van der Waals surface area (Å²) in [5, 5.41) is 2.87. The van der Waals surface area contributed by atoms with Crippen LogP contribution in [0.25, 0.3) is 0 Å². The fourth-order valence-corrected chi connectivity index (χ4v) is 4.67. The summed E-state index contributed by atoms with van der Waals surface area (Å²) in [7, 11) is -2.46. The summed E-state index contributed by atoms with van der Waals surface area (Å²) in [5.41, 5.74) is 2.87. The molecule has 7 nitrogen and oxygen atoms in total. The molecule has 0 aliphatic rings. The van der Waals surface area contributed by atoms with E-state index in [0.29, 0.717) is 13.0 Å². The predicted molar refractivity (Wildman–Crippen MR) is 130 cm³/mol. The Hall–Kier alpha value is -2.71. The molecule has 0 unspecified atom stereocenters. The Morgan fingerprint density at radius 1 is 1.00 bits per heavy atom. The van der Waals surface area contributed by atoms with Gasteiger partial charge in [-0.1, -0.05) is 61.4 Å². The van der Waals surface area contributed by atoms with Crippen LogP contribution in [0.1, 0.15) is 43.4 Å². The highest BCUT2D eigenvalue weighted by Gasteiger charge is 2.31. The predicted octanol–water partition coefficient (Wildman–Crippen LogP) is 3.26. The quantitative estimate of drug-likeness (QED) is 0.543. The fourth-order valence-electron chi connectivity index (χ4n) is 3.55. The Bertz CT molecular complexity index is 1050.